The molecule has 96 valence electrons. The van der Waals surface area contributed by atoms with Gasteiger partial charge in [0, 0.05) is 26.2 Å². The molecule has 2 heterocycles. The third-order valence-corrected chi connectivity index (χ3v) is 4.06. The zero-order valence-corrected chi connectivity index (χ0v) is 10.5. The number of phenolic OH excluding ortho intramolecular Hbond substituents is 1. The van der Waals surface area contributed by atoms with E-state index in [2.05, 4.69) is 5.32 Å². The van der Waals surface area contributed by atoms with Gasteiger partial charge in [0.05, 0.1) is 5.56 Å². The molecular weight excluding hydrogens is 228 g/mol. The van der Waals surface area contributed by atoms with Gasteiger partial charge >= 0.3 is 0 Å². The van der Waals surface area contributed by atoms with Crippen molar-refractivity contribution in [2.24, 2.45) is 11.8 Å². The number of hydrogen-bond donors (Lipinski definition) is 2. The molecule has 18 heavy (non-hydrogen) atoms. The van der Waals surface area contributed by atoms with Gasteiger partial charge in [0.2, 0.25) is 0 Å². The van der Waals surface area contributed by atoms with E-state index in [1.54, 1.807) is 12.1 Å². The Morgan fingerprint density at radius 1 is 1.33 bits per heavy atom. The van der Waals surface area contributed by atoms with Gasteiger partial charge in [-0.15, -0.1) is 0 Å². The summed E-state index contributed by atoms with van der Waals surface area (Å²) < 4.78 is 0. The van der Waals surface area contributed by atoms with Crippen LogP contribution in [-0.2, 0) is 0 Å². The fourth-order valence-electron chi connectivity index (χ4n) is 3.01. The zero-order chi connectivity index (χ0) is 12.7. The average molecular weight is 246 g/mol. The van der Waals surface area contributed by atoms with Crippen molar-refractivity contribution in [2.75, 3.05) is 26.2 Å². The minimum Gasteiger partial charge on any atom is -0.507 e. The Hall–Kier alpha value is -1.55. The van der Waals surface area contributed by atoms with E-state index >= 15 is 0 Å². The molecule has 0 saturated carbocycles. The molecular formula is C14H18N2O2. The maximum Gasteiger partial charge on any atom is 0.257 e. The molecule has 3 rings (SSSR count). The first-order valence-electron chi connectivity index (χ1n) is 6.45. The highest BCUT2D eigenvalue weighted by molar-refractivity contribution is 5.97. The van der Waals surface area contributed by atoms with Crippen molar-refractivity contribution in [3.05, 3.63) is 29.3 Å². The van der Waals surface area contributed by atoms with Crippen LogP contribution in [0.3, 0.4) is 0 Å². The summed E-state index contributed by atoms with van der Waals surface area (Å²) in [6, 6.07) is 5.23. The van der Waals surface area contributed by atoms with Gasteiger partial charge in [0.1, 0.15) is 5.75 Å². The number of rotatable bonds is 1. The third kappa shape index (κ3) is 1.86. The fourth-order valence-corrected chi connectivity index (χ4v) is 3.01. The SMILES string of the molecule is Cc1ccc(C(=O)N2C[C@H]3CNC[C@H]3C2)c(O)c1. The van der Waals surface area contributed by atoms with Crippen LogP contribution in [-0.4, -0.2) is 42.1 Å². The van der Waals surface area contributed by atoms with Crippen molar-refractivity contribution in [3.8, 4) is 5.75 Å². The molecule has 1 amide bonds. The lowest BCUT2D eigenvalue weighted by atomic mass is 10.0. The number of nitrogens with one attached hydrogen (secondary N) is 1. The first-order chi connectivity index (χ1) is 8.65. The molecule has 0 radical (unpaired) electrons. The summed E-state index contributed by atoms with van der Waals surface area (Å²) in [6.07, 6.45) is 0. The molecule has 1 aromatic carbocycles. The first-order valence-corrected chi connectivity index (χ1v) is 6.45. The molecule has 4 heteroatoms. The summed E-state index contributed by atoms with van der Waals surface area (Å²) in [7, 11) is 0. The molecule has 2 aliphatic rings. The quantitative estimate of drug-likeness (QED) is 0.777. The van der Waals surface area contributed by atoms with Crippen LogP contribution in [0.1, 0.15) is 15.9 Å². The molecule has 2 saturated heterocycles. The molecule has 0 aliphatic carbocycles. The van der Waals surface area contributed by atoms with E-state index in [4.69, 9.17) is 0 Å². The van der Waals surface area contributed by atoms with Crippen molar-refractivity contribution < 1.29 is 9.90 Å². The molecule has 2 aliphatic heterocycles. The number of aromatic hydroxyl groups is 1. The largest absolute Gasteiger partial charge is 0.507 e. The van der Waals surface area contributed by atoms with E-state index in [0.717, 1.165) is 31.7 Å². The average Bonchev–Trinajstić information content (AvgIpc) is 2.87. The van der Waals surface area contributed by atoms with Crippen LogP contribution in [0.15, 0.2) is 18.2 Å². The Morgan fingerprint density at radius 3 is 2.61 bits per heavy atom. The van der Waals surface area contributed by atoms with Gasteiger partial charge in [-0.25, -0.2) is 0 Å². The Morgan fingerprint density at radius 2 is 2.00 bits per heavy atom. The van der Waals surface area contributed by atoms with Crippen molar-refractivity contribution in [1.82, 2.24) is 10.2 Å². The third-order valence-electron chi connectivity index (χ3n) is 4.06. The highest BCUT2D eigenvalue weighted by Gasteiger charge is 2.38. The van der Waals surface area contributed by atoms with Crippen LogP contribution in [0.5, 0.6) is 5.75 Å². The predicted octanol–water partition coefficient (Wildman–Crippen LogP) is 0.992. The monoisotopic (exact) mass is 246 g/mol. The molecule has 2 fully saturated rings. The molecule has 1 aromatic rings. The van der Waals surface area contributed by atoms with Gasteiger partial charge in [-0.3, -0.25) is 4.79 Å². The first kappa shape index (κ1) is 11.5. The van der Waals surface area contributed by atoms with Crippen LogP contribution in [0.4, 0.5) is 0 Å². The van der Waals surface area contributed by atoms with Gasteiger partial charge in [-0.2, -0.15) is 0 Å². The van der Waals surface area contributed by atoms with E-state index in [9.17, 15) is 9.90 Å². The van der Waals surface area contributed by atoms with E-state index in [-0.39, 0.29) is 11.7 Å². The smallest absolute Gasteiger partial charge is 0.257 e. The number of hydrogen-bond acceptors (Lipinski definition) is 3. The van der Waals surface area contributed by atoms with Crippen LogP contribution in [0.25, 0.3) is 0 Å². The molecule has 4 nitrogen and oxygen atoms in total. The molecule has 0 spiro atoms. The maximum atomic E-state index is 12.4. The minimum atomic E-state index is -0.0399. The van der Waals surface area contributed by atoms with E-state index < -0.39 is 0 Å². The summed E-state index contributed by atoms with van der Waals surface area (Å²) in [5.74, 6) is 1.22. The van der Waals surface area contributed by atoms with E-state index in [0.29, 0.717) is 17.4 Å². The number of phenols is 1. The standard InChI is InChI=1S/C14H18N2O2/c1-9-2-3-12(13(17)4-9)14(18)16-7-10-5-15-6-11(10)8-16/h2-4,10-11,15,17H,5-8H2,1H3/t10-,11+. The molecule has 2 atom stereocenters. The lowest BCUT2D eigenvalue weighted by Gasteiger charge is -2.18. The van der Waals surface area contributed by atoms with E-state index in [1.165, 1.54) is 0 Å². The number of benzene rings is 1. The Balaban J connectivity index is 1.79. The second kappa shape index (κ2) is 4.28. The molecule has 0 unspecified atom stereocenters. The minimum absolute atomic E-state index is 0.0399. The number of carbonyl (C=O) groups excluding carboxylic acids is 1. The highest BCUT2D eigenvalue weighted by atomic mass is 16.3. The summed E-state index contributed by atoms with van der Waals surface area (Å²) in [5.41, 5.74) is 1.39. The molecule has 0 bridgehead atoms. The number of aryl methyl sites for hydroxylation is 1. The van der Waals surface area contributed by atoms with Gasteiger partial charge in [0.25, 0.3) is 5.91 Å². The molecule has 0 aromatic heterocycles. The van der Waals surface area contributed by atoms with Crippen molar-refractivity contribution in [3.63, 3.8) is 0 Å². The summed E-state index contributed by atoms with van der Waals surface area (Å²) in [5, 5.41) is 13.2. The van der Waals surface area contributed by atoms with Crippen LogP contribution in [0.2, 0.25) is 0 Å². The summed E-state index contributed by atoms with van der Waals surface area (Å²) in [4.78, 5) is 14.2. The summed E-state index contributed by atoms with van der Waals surface area (Å²) in [6.45, 7) is 5.54. The highest BCUT2D eigenvalue weighted by Crippen LogP contribution is 2.29. The lowest BCUT2D eigenvalue weighted by molar-refractivity contribution is 0.0778. The number of nitrogens with zero attached hydrogens (tertiary/aromatic N) is 1. The number of carbonyl (C=O) groups is 1. The Bertz CT molecular complexity index is 475. The van der Waals surface area contributed by atoms with Gasteiger partial charge in [0.15, 0.2) is 0 Å². The Kier molecular flexibility index (Phi) is 2.74. The maximum absolute atomic E-state index is 12.4. The van der Waals surface area contributed by atoms with Crippen molar-refractivity contribution >= 4 is 5.91 Å². The second-order valence-electron chi connectivity index (χ2n) is 5.41. The normalized spacial score (nSPS) is 26.4. The predicted molar refractivity (Wildman–Crippen MR) is 68.6 cm³/mol. The summed E-state index contributed by atoms with van der Waals surface area (Å²) >= 11 is 0. The molecule has 2 N–H and O–H groups in total. The van der Waals surface area contributed by atoms with Crippen LogP contribution in [0, 0.1) is 18.8 Å². The number of fused-ring (bicyclic) bond motifs is 1. The Labute approximate surface area is 107 Å². The second-order valence-corrected chi connectivity index (χ2v) is 5.41. The number of amides is 1. The number of likely N-dealkylation sites (tertiary alicyclic amines) is 1. The lowest BCUT2D eigenvalue weighted by Crippen LogP contribution is -2.31. The van der Waals surface area contributed by atoms with Crippen molar-refractivity contribution in [1.29, 1.82) is 0 Å². The topological polar surface area (TPSA) is 52.6 Å². The van der Waals surface area contributed by atoms with Crippen molar-refractivity contribution in [2.45, 2.75) is 6.92 Å². The zero-order valence-electron chi connectivity index (χ0n) is 10.5. The fraction of sp³-hybridized carbons (Fsp3) is 0.500. The van der Waals surface area contributed by atoms with Gasteiger partial charge < -0.3 is 15.3 Å². The van der Waals surface area contributed by atoms with Gasteiger partial charge in [-0.1, -0.05) is 6.07 Å². The van der Waals surface area contributed by atoms with E-state index in [1.807, 2.05) is 17.9 Å². The van der Waals surface area contributed by atoms with Crippen LogP contribution >= 0.6 is 0 Å². The van der Waals surface area contributed by atoms with Gasteiger partial charge in [-0.05, 0) is 36.5 Å². The van der Waals surface area contributed by atoms with Crippen LogP contribution < -0.4 is 5.32 Å².